The zero-order valence-electron chi connectivity index (χ0n) is 24.5. The van der Waals surface area contributed by atoms with E-state index < -0.39 is 0 Å². The third kappa shape index (κ3) is 3.98. The molecule has 0 aliphatic carbocycles. The smallest absolute Gasteiger partial charge is 0.226 e. The van der Waals surface area contributed by atoms with Gasteiger partial charge in [-0.05, 0) is 54.6 Å². The maximum atomic E-state index is 6.46. The van der Waals surface area contributed by atoms with Gasteiger partial charge in [0.1, 0.15) is 5.75 Å². The Morgan fingerprint density at radius 1 is 0.511 bits per heavy atom. The summed E-state index contributed by atoms with van der Waals surface area (Å²) in [4.78, 5) is 4.79. The fourth-order valence-electron chi connectivity index (χ4n) is 6.70. The topological polar surface area (TPSA) is 45.1 Å². The Balaban J connectivity index is 1.34. The van der Waals surface area contributed by atoms with Crippen LogP contribution in [0.4, 0.5) is 0 Å². The number of aromatic nitrogens is 3. The number of benzene rings is 6. The minimum atomic E-state index is 0.553. The number of hydrogen-bond acceptors (Lipinski definition) is 3. The van der Waals surface area contributed by atoms with Gasteiger partial charge < -0.3 is 18.3 Å². The maximum absolute atomic E-state index is 6.46. The van der Waals surface area contributed by atoms with E-state index in [0.29, 0.717) is 11.7 Å². The molecule has 0 amide bonds. The first-order valence-electron chi connectivity index (χ1n) is 15.0. The fourth-order valence-corrected chi connectivity index (χ4v) is 6.70. The quantitative estimate of drug-likeness (QED) is 0.203. The van der Waals surface area contributed by atoms with Crippen molar-refractivity contribution in [1.29, 1.82) is 0 Å². The van der Waals surface area contributed by atoms with E-state index in [2.05, 4.69) is 124 Å². The lowest BCUT2D eigenvalue weighted by Crippen LogP contribution is -2.00. The van der Waals surface area contributed by atoms with E-state index in [9.17, 15) is 0 Å². The highest BCUT2D eigenvalue weighted by molar-refractivity contribution is 6.10. The van der Waals surface area contributed by atoms with Crippen LogP contribution in [0.5, 0.6) is 5.75 Å². The molecular weight excluding hydrogens is 554 g/mol. The van der Waals surface area contributed by atoms with Gasteiger partial charge in [-0.2, -0.15) is 0 Å². The van der Waals surface area contributed by atoms with Crippen LogP contribution in [0.2, 0.25) is 0 Å². The van der Waals surface area contributed by atoms with Crippen molar-refractivity contribution in [1.82, 2.24) is 14.1 Å². The van der Waals surface area contributed by atoms with Crippen molar-refractivity contribution in [2.75, 3.05) is 7.11 Å². The summed E-state index contributed by atoms with van der Waals surface area (Å²) in [6, 6.07) is 48.8. The molecule has 214 valence electrons. The summed E-state index contributed by atoms with van der Waals surface area (Å²) in [5.41, 5.74) is 8.45. The van der Waals surface area contributed by atoms with Crippen molar-refractivity contribution in [2.45, 2.75) is 0 Å². The molecule has 9 rings (SSSR count). The summed E-state index contributed by atoms with van der Waals surface area (Å²) in [7, 11) is 1.67. The number of oxazole rings is 1. The molecule has 3 aromatic heterocycles. The van der Waals surface area contributed by atoms with Gasteiger partial charge in [0, 0.05) is 44.0 Å². The second-order valence-corrected chi connectivity index (χ2v) is 11.2. The molecule has 0 aliphatic rings. The average Bonchev–Trinajstić information content (AvgIpc) is 3.81. The number of nitrogens with zero attached hydrogens (tertiary/aromatic N) is 3. The van der Waals surface area contributed by atoms with Gasteiger partial charge in [-0.1, -0.05) is 84.9 Å². The van der Waals surface area contributed by atoms with E-state index >= 15 is 0 Å². The number of rotatable bonds is 5. The predicted molar refractivity (Wildman–Crippen MR) is 183 cm³/mol. The van der Waals surface area contributed by atoms with Crippen LogP contribution >= 0.6 is 0 Å². The van der Waals surface area contributed by atoms with Crippen LogP contribution in [0.25, 0.3) is 77.8 Å². The first kappa shape index (κ1) is 25.4. The van der Waals surface area contributed by atoms with E-state index in [4.69, 9.17) is 14.1 Å². The molecule has 0 spiro atoms. The number of para-hydroxylation sites is 4. The Morgan fingerprint density at radius 3 is 1.49 bits per heavy atom. The molecule has 0 bridgehead atoms. The van der Waals surface area contributed by atoms with Crippen molar-refractivity contribution < 1.29 is 9.15 Å². The molecule has 45 heavy (non-hydrogen) atoms. The molecule has 0 aliphatic heterocycles. The van der Waals surface area contributed by atoms with E-state index in [0.717, 1.165) is 50.3 Å². The predicted octanol–water partition coefficient (Wildman–Crippen LogP) is 10.2. The second-order valence-electron chi connectivity index (χ2n) is 11.2. The van der Waals surface area contributed by atoms with Gasteiger partial charge in [0.2, 0.25) is 5.89 Å². The molecule has 0 saturated heterocycles. The number of hydrogen-bond donors (Lipinski definition) is 0. The third-order valence-electron chi connectivity index (χ3n) is 8.69. The van der Waals surface area contributed by atoms with Crippen LogP contribution in [0.3, 0.4) is 0 Å². The van der Waals surface area contributed by atoms with Crippen LogP contribution < -0.4 is 4.74 Å². The molecule has 3 heterocycles. The third-order valence-corrected chi connectivity index (χ3v) is 8.69. The maximum Gasteiger partial charge on any atom is 0.226 e. The van der Waals surface area contributed by atoms with Crippen molar-refractivity contribution in [3.8, 4) is 39.9 Å². The monoisotopic (exact) mass is 581 g/mol. The second kappa shape index (κ2) is 10.00. The summed E-state index contributed by atoms with van der Waals surface area (Å²) >= 11 is 0. The van der Waals surface area contributed by atoms with Gasteiger partial charge in [-0.3, -0.25) is 0 Å². The highest BCUT2D eigenvalue weighted by Gasteiger charge is 2.19. The molecule has 5 heteroatoms. The van der Waals surface area contributed by atoms with E-state index in [1.807, 2.05) is 24.3 Å². The molecule has 0 radical (unpaired) electrons. The summed E-state index contributed by atoms with van der Waals surface area (Å²) in [6.45, 7) is 0. The van der Waals surface area contributed by atoms with Crippen LogP contribution in [0.15, 0.2) is 150 Å². The lowest BCUT2D eigenvalue weighted by Gasteiger charge is -2.14. The summed E-state index contributed by atoms with van der Waals surface area (Å²) < 4.78 is 16.6. The van der Waals surface area contributed by atoms with Gasteiger partial charge in [-0.15, -0.1) is 0 Å². The lowest BCUT2D eigenvalue weighted by molar-refractivity contribution is 0.415. The summed E-state index contributed by atoms with van der Waals surface area (Å²) in [5, 5.41) is 4.86. The van der Waals surface area contributed by atoms with E-state index in [1.54, 1.807) is 13.3 Å². The molecule has 5 nitrogen and oxygen atoms in total. The van der Waals surface area contributed by atoms with Crippen molar-refractivity contribution in [3.05, 3.63) is 146 Å². The van der Waals surface area contributed by atoms with Gasteiger partial charge in [-0.25, -0.2) is 4.98 Å². The zero-order chi connectivity index (χ0) is 29.9. The van der Waals surface area contributed by atoms with Crippen LogP contribution in [-0.4, -0.2) is 21.2 Å². The lowest BCUT2D eigenvalue weighted by atomic mass is 10.1. The normalized spacial score (nSPS) is 11.7. The van der Waals surface area contributed by atoms with Crippen molar-refractivity contribution in [2.24, 2.45) is 0 Å². The van der Waals surface area contributed by atoms with Crippen molar-refractivity contribution in [3.63, 3.8) is 0 Å². The first-order chi connectivity index (χ1) is 22.3. The Hall–Kier alpha value is -6.07. The number of fused-ring (bicyclic) bond motifs is 6. The van der Waals surface area contributed by atoms with Gasteiger partial charge in [0.05, 0.1) is 35.4 Å². The Labute approximate surface area is 259 Å². The molecule has 0 saturated carbocycles. The van der Waals surface area contributed by atoms with Gasteiger partial charge in [0.15, 0.2) is 5.76 Å². The minimum absolute atomic E-state index is 0.553. The highest BCUT2D eigenvalue weighted by atomic mass is 16.5. The minimum Gasteiger partial charge on any atom is -0.497 e. The van der Waals surface area contributed by atoms with Gasteiger partial charge in [0.25, 0.3) is 0 Å². The molecule has 0 fully saturated rings. The Bertz CT molecular complexity index is 2310. The van der Waals surface area contributed by atoms with E-state index in [-0.39, 0.29) is 0 Å². The summed E-state index contributed by atoms with van der Waals surface area (Å²) in [5.74, 6) is 2.01. The molecule has 0 N–H and O–H groups in total. The Morgan fingerprint density at radius 2 is 1.00 bits per heavy atom. The number of ether oxygens (including phenoxy) is 1. The highest BCUT2D eigenvalue weighted by Crippen LogP contribution is 2.38. The molecule has 0 atom stereocenters. The first-order valence-corrected chi connectivity index (χ1v) is 15.0. The van der Waals surface area contributed by atoms with Crippen LogP contribution in [0.1, 0.15) is 0 Å². The Kier molecular flexibility index (Phi) is 5.65. The van der Waals surface area contributed by atoms with Crippen LogP contribution in [0, 0.1) is 0 Å². The molecule has 9 aromatic rings. The van der Waals surface area contributed by atoms with Crippen LogP contribution in [-0.2, 0) is 0 Å². The summed E-state index contributed by atoms with van der Waals surface area (Å²) in [6.07, 6.45) is 1.79. The van der Waals surface area contributed by atoms with Gasteiger partial charge >= 0.3 is 0 Å². The molecular formula is C40H27N3O2. The molecule has 6 aromatic carbocycles. The zero-order valence-corrected chi connectivity index (χ0v) is 24.5. The fraction of sp³-hybridized carbons (Fsp3) is 0.0250. The largest absolute Gasteiger partial charge is 0.497 e. The molecule has 0 unspecified atom stereocenters. The van der Waals surface area contributed by atoms with E-state index in [1.165, 1.54) is 21.5 Å². The average molecular weight is 582 g/mol. The standard InChI is InChI=1S/C40H27N3O2/c1-44-30-12-10-11-26(23-30)39-25-41-40(45-39)27-21-28(42-35-17-6-2-13-31(35)32-14-3-7-18-36(32)42)24-29(22-27)43-37-19-8-4-15-33(37)34-16-5-9-20-38(34)43/h2-25H,1H3. The SMILES string of the molecule is COc1cccc(-c2cnc(-c3cc(-n4c5ccccc5c5ccccc54)cc(-n4c5ccccc5c5ccccc54)c3)o2)c1. The van der Waals surface area contributed by atoms with Crippen molar-refractivity contribution >= 4 is 43.6 Å². The number of methoxy groups -OCH3 is 1.